The van der Waals surface area contributed by atoms with Crippen molar-refractivity contribution in [2.24, 2.45) is 0 Å². The normalized spacial score (nSPS) is 19.3. The van der Waals surface area contributed by atoms with Crippen LogP contribution in [0.2, 0.25) is 0 Å². The molecule has 1 aromatic rings. The molecule has 34 heavy (non-hydrogen) atoms. The Hall–Kier alpha value is -1.63. The monoisotopic (exact) mass is 472 g/mol. The number of rotatable bonds is 17. The van der Waals surface area contributed by atoms with Crippen molar-refractivity contribution in [1.82, 2.24) is 20.6 Å². The van der Waals surface area contributed by atoms with Gasteiger partial charge in [-0.3, -0.25) is 4.90 Å². The van der Waals surface area contributed by atoms with E-state index in [-0.39, 0.29) is 6.17 Å². The number of hydroxylamine groups is 1. The van der Waals surface area contributed by atoms with E-state index in [1.54, 1.807) is 0 Å². The minimum Gasteiger partial charge on any atom is -0.352 e. The summed E-state index contributed by atoms with van der Waals surface area (Å²) in [5.41, 5.74) is 5.26. The number of nitrogens with zero attached hydrogens (tertiary/aromatic N) is 2. The molecule has 3 rings (SSSR count). The third-order valence-electron chi connectivity index (χ3n) is 7.25. The molecule has 2 aliphatic rings. The third kappa shape index (κ3) is 10.7. The molecule has 0 radical (unpaired) electrons. The zero-order valence-corrected chi connectivity index (χ0v) is 21.5. The van der Waals surface area contributed by atoms with E-state index in [1.807, 2.05) is 0 Å². The van der Waals surface area contributed by atoms with Crippen LogP contribution in [0, 0.1) is 0 Å². The van der Waals surface area contributed by atoms with Gasteiger partial charge in [0.15, 0.2) is 0 Å². The molecule has 2 heterocycles. The van der Waals surface area contributed by atoms with Crippen LogP contribution in [0.25, 0.3) is 0 Å². The van der Waals surface area contributed by atoms with Gasteiger partial charge in [0.2, 0.25) is 0 Å². The minimum atomic E-state index is -0.403. The number of benzene rings is 1. The Kier molecular flexibility index (Phi) is 12.8. The molecular formula is C28H48N4O2. The quantitative estimate of drug-likeness (QED) is 0.288. The van der Waals surface area contributed by atoms with Crippen molar-refractivity contribution in [1.29, 1.82) is 0 Å². The number of amides is 1. The molecule has 0 aromatic heterocycles. The van der Waals surface area contributed by atoms with Crippen LogP contribution in [0.5, 0.6) is 0 Å². The van der Waals surface area contributed by atoms with E-state index >= 15 is 0 Å². The fourth-order valence-corrected chi connectivity index (χ4v) is 5.04. The number of hydrogen-bond acceptors (Lipinski definition) is 5. The molecule has 0 bridgehead atoms. The highest BCUT2D eigenvalue weighted by molar-refractivity contribution is 5.68. The number of carbonyl (C=O) groups excluding carboxylic acids is 1. The van der Waals surface area contributed by atoms with Gasteiger partial charge in [0.25, 0.3) is 0 Å². The van der Waals surface area contributed by atoms with Crippen molar-refractivity contribution in [2.75, 3.05) is 32.7 Å². The Bertz CT molecular complexity index is 673. The molecule has 2 aliphatic heterocycles. The first kappa shape index (κ1) is 27.0. The van der Waals surface area contributed by atoms with Gasteiger partial charge in [0, 0.05) is 39.1 Å². The second-order valence-electron chi connectivity index (χ2n) is 10.2. The maximum atomic E-state index is 11.1. The van der Waals surface area contributed by atoms with Crippen molar-refractivity contribution >= 4 is 6.09 Å². The molecule has 1 unspecified atom stereocenters. The van der Waals surface area contributed by atoms with E-state index in [0.29, 0.717) is 0 Å². The summed E-state index contributed by atoms with van der Waals surface area (Å²) in [7, 11) is 0. The molecule has 6 heteroatoms. The zero-order valence-electron chi connectivity index (χ0n) is 21.5. The Labute approximate surface area is 207 Å². The third-order valence-corrected chi connectivity index (χ3v) is 7.25. The molecule has 0 saturated carbocycles. The average Bonchev–Trinajstić information content (AvgIpc) is 3.26. The lowest BCUT2D eigenvalue weighted by atomic mass is 10.1. The average molecular weight is 473 g/mol. The predicted octanol–water partition coefficient (Wildman–Crippen LogP) is 5.62. The Morgan fingerprint density at radius 3 is 1.85 bits per heavy atom. The molecule has 0 aliphatic carbocycles. The molecule has 6 nitrogen and oxygen atoms in total. The highest BCUT2D eigenvalue weighted by Gasteiger charge is 2.22. The van der Waals surface area contributed by atoms with E-state index in [9.17, 15) is 4.79 Å². The van der Waals surface area contributed by atoms with Gasteiger partial charge in [-0.1, -0.05) is 102 Å². The Morgan fingerprint density at radius 2 is 1.29 bits per heavy atom. The molecule has 1 aromatic carbocycles. The number of carbonyl (C=O) groups is 1. The summed E-state index contributed by atoms with van der Waals surface area (Å²) < 4.78 is 0. The van der Waals surface area contributed by atoms with E-state index in [2.05, 4.69) is 51.8 Å². The van der Waals surface area contributed by atoms with Crippen LogP contribution in [0.1, 0.15) is 95.1 Å². The second-order valence-corrected chi connectivity index (χ2v) is 10.2. The zero-order chi connectivity index (χ0) is 23.8. The smallest absolute Gasteiger partial charge is 0.352 e. The van der Waals surface area contributed by atoms with Gasteiger partial charge in [-0.2, -0.15) is 0 Å². The number of piperazine rings is 1. The molecule has 1 amide bonds. The highest BCUT2D eigenvalue weighted by Crippen LogP contribution is 2.14. The fourth-order valence-electron chi connectivity index (χ4n) is 5.04. The molecule has 192 valence electrons. The van der Waals surface area contributed by atoms with Crippen LogP contribution in [0.4, 0.5) is 4.79 Å². The molecule has 2 fully saturated rings. The molecular weight excluding hydrogens is 424 g/mol. The van der Waals surface area contributed by atoms with Gasteiger partial charge in [-0.05, 0) is 24.1 Å². The van der Waals surface area contributed by atoms with Crippen LogP contribution >= 0.6 is 0 Å². The summed E-state index contributed by atoms with van der Waals surface area (Å²) in [4.78, 5) is 21.1. The van der Waals surface area contributed by atoms with Gasteiger partial charge in [-0.15, -0.1) is 5.48 Å². The molecule has 2 N–H and O–H groups in total. The Balaban J connectivity index is 1.16. The van der Waals surface area contributed by atoms with E-state index in [0.717, 1.165) is 26.1 Å². The van der Waals surface area contributed by atoms with Crippen molar-refractivity contribution < 1.29 is 9.63 Å². The van der Waals surface area contributed by atoms with Crippen LogP contribution in [0.3, 0.4) is 0 Å². The lowest BCUT2D eigenvalue weighted by molar-refractivity contribution is 0.121. The lowest BCUT2D eigenvalue weighted by Crippen LogP contribution is -2.46. The summed E-state index contributed by atoms with van der Waals surface area (Å²) in [5, 5.41) is 2.74. The molecule has 2 saturated heterocycles. The first-order valence-electron chi connectivity index (χ1n) is 14.0. The summed E-state index contributed by atoms with van der Waals surface area (Å²) in [6.07, 6.45) is 17.2. The maximum Gasteiger partial charge on any atom is 0.427 e. The largest absolute Gasteiger partial charge is 0.427 e. The first-order valence-corrected chi connectivity index (χ1v) is 14.0. The van der Waals surface area contributed by atoms with Crippen LogP contribution in [-0.4, -0.2) is 54.8 Å². The van der Waals surface area contributed by atoms with Crippen molar-refractivity contribution in [2.45, 2.75) is 103 Å². The van der Waals surface area contributed by atoms with Crippen molar-refractivity contribution in [3.05, 3.63) is 35.4 Å². The van der Waals surface area contributed by atoms with Gasteiger partial charge in [0.1, 0.15) is 6.17 Å². The fraction of sp³-hybridized carbons (Fsp3) is 0.750. The van der Waals surface area contributed by atoms with Gasteiger partial charge < -0.3 is 15.1 Å². The van der Waals surface area contributed by atoms with E-state index in [1.165, 1.54) is 108 Å². The first-order chi connectivity index (χ1) is 16.7. The topological polar surface area (TPSA) is 56.8 Å². The predicted molar refractivity (Wildman–Crippen MR) is 139 cm³/mol. The van der Waals surface area contributed by atoms with Crippen molar-refractivity contribution in [3.63, 3.8) is 0 Å². The SMILES string of the molecule is CCCCCCCCCCCCCCN1CCN(Cc2ccc(CC3NOC(=O)N3)cc2)CC1. The number of unbranched alkanes of at least 4 members (excludes halogenated alkanes) is 11. The Morgan fingerprint density at radius 1 is 0.765 bits per heavy atom. The van der Waals surface area contributed by atoms with E-state index in [4.69, 9.17) is 4.84 Å². The van der Waals surface area contributed by atoms with Gasteiger partial charge in [-0.25, -0.2) is 4.79 Å². The molecule has 0 spiro atoms. The van der Waals surface area contributed by atoms with Crippen molar-refractivity contribution in [3.8, 4) is 0 Å². The maximum absolute atomic E-state index is 11.1. The number of hydrogen-bond donors (Lipinski definition) is 2. The van der Waals surface area contributed by atoms with Gasteiger partial charge in [0.05, 0.1) is 0 Å². The lowest BCUT2D eigenvalue weighted by Gasteiger charge is -2.34. The second kappa shape index (κ2) is 16.1. The summed E-state index contributed by atoms with van der Waals surface area (Å²) >= 11 is 0. The number of nitrogens with one attached hydrogen (secondary N) is 2. The summed E-state index contributed by atoms with van der Waals surface area (Å²) in [6, 6.07) is 8.74. The van der Waals surface area contributed by atoms with Crippen LogP contribution in [0.15, 0.2) is 24.3 Å². The van der Waals surface area contributed by atoms with Crippen LogP contribution < -0.4 is 10.8 Å². The van der Waals surface area contributed by atoms with E-state index < -0.39 is 6.09 Å². The molecule has 1 atom stereocenters. The summed E-state index contributed by atoms with van der Waals surface area (Å²) in [6.45, 7) is 9.31. The standard InChI is InChI=1S/C28H48N4O2/c1-2-3-4-5-6-7-8-9-10-11-12-13-18-31-19-21-32(22-20-31)24-26-16-14-25(15-17-26)23-27-29-28(33)34-30-27/h14-17,27,30H,2-13,18-24H2,1H3,(H,29,33). The highest BCUT2D eigenvalue weighted by atomic mass is 16.7. The van der Waals surface area contributed by atoms with Crippen LogP contribution in [-0.2, 0) is 17.8 Å². The van der Waals surface area contributed by atoms with Gasteiger partial charge >= 0.3 is 6.09 Å². The summed E-state index contributed by atoms with van der Waals surface area (Å²) in [5.74, 6) is 0. The minimum absolute atomic E-state index is 0.142.